The molecular weight excluding hydrogens is 678 g/mol. The van der Waals surface area contributed by atoms with Gasteiger partial charge in [0, 0.05) is 27.4 Å². The minimum absolute atomic E-state index is 0.0305. The van der Waals surface area contributed by atoms with Crippen LogP contribution in [0.4, 0.5) is 0 Å². The molecule has 4 nitrogen and oxygen atoms in total. The van der Waals surface area contributed by atoms with Gasteiger partial charge in [0.2, 0.25) is 0 Å². The van der Waals surface area contributed by atoms with Crippen molar-refractivity contribution in [1.82, 2.24) is 15.0 Å². The van der Waals surface area contributed by atoms with Gasteiger partial charge in [-0.25, -0.2) is 15.0 Å². The second-order valence-electron chi connectivity index (χ2n) is 16.4. The first kappa shape index (κ1) is 33.4. The molecule has 1 heterocycles. The number of hydrogen-bond acceptors (Lipinski definition) is 4. The van der Waals surface area contributed by atoms with E-state index in [2.05, 4.69) is 115 Å². The van der Waals surface area contributed by atoms with Crippen LogP contribution < -0.4 is 5.30 Å². The Hall–Kier alpha value is -5.18. The predicted molar refractivity (Wildman–Crippen MR) is 222 cm³/mol. The fourth-order valence-electron chi connectivity index (χ4n) is 10.7. The van der Waals surface area contributed by atoms with Crippen molar-refractivity contribution in [2.45, 2.75) is 37.5 Å². The van der Waals surface area contributed by atoms with Gasteiger partial charge in [0.15, 0.2) is 17.5 Å². The third-order valence-corrected chi connectivity index (χ3v) is 14.4. The van der Waals surface area contributed by atoms with Crippen LogP contribution in [-0.4, -0.2) is 28.3 Å². The summed E-state index contributed by atoms with van der Waals surface area (Å²) in [4.78, 5) is 15.3. The van der Waals surface area contributed by atoms with Gasteiger partial charge in [0.25, 0.3) is 0 Å². The maximum absolute atomic E-state index is 12.9. The molecule has 4 fully saturated rings. The molecule has 0 N–H and O–H groups in total. The van der Waals surface area contributed by atoms with E-state index >= 15 is 0 Å². The molecule has 0 spiro atoms. The zero-order valence-electron chi connectivity index (χ0n) is 30.9. The molecule has 0 saturated heterocycles. The van der Waals surface area contributed by atoms with Gasteiger partial charge in [-0.05, 0) is 108 Å². The summed E-state index contributed by atoms with van der Waals surface area (Å²) in [5.74, 6) is 5.01. The largest absolute Gasteiger partial charge is 0.319 e. The van der Waals surface area contributed by atoms with Gasteiger partial charge >= 0.3 is 0 Å². The minimum atomic E-state index is -2.35. The molecule has 0 atom stereocenters. The number of hydrogen-bond donors (Lipinski definition) is 0. The lowest BCUT2D eigenvalue weighted by Crippen LogP contribution is -2.56. The van der Waals surface area contributed by atoms with Crippen molar-refractivity contribution < 1.29 is 4.57 Å². The molecule has 0 amide bonds. The minimum Gasteiger partial charge on any atom is -0.319 e. The highest BCUT2D eigenvalue weighted by atomic mass is 31.2. The van der Waals surface area contributed by atoms with Gasteiger partial charge in [-0.1, -0.05) is 140 Å². The number of rotatable bonds is 7. The van der Waals surface area contributed by atoms with Crippen LogP contribution in [0.15, 0.2) is 146 Å². The average Bonchev–Trinajstić information content (AvgIpc) is 3.21. The van der Waals surface area contributed by atoms with Crippen LogP contribution in [0.2, 0.25) is 0 Å². The van der Waals surface area contributed by atoms with Crippen LogP contribution in [0, 0.1) is 23.7 Å². The highest BCUT2D eigenvalue weighted by Gasteiger charge is 2.58. The summed E-state index contributed by atoms with van der Waals surface area (Å²) in [6, 6.07) is 52.0. The summed E-state index contributed by atoms with van der Waals surface area (Å²) in [6.07, 6.45) is 6.65. The molecule has 0 radical (unpaired) electrons. The lowest BCUT2D eigenvalue weighted by atomic mass is 9.42. The Morgan fingerprint density at radius 1 is 0.500 bits per heavy atom. The van der Waals surface area contributed by atoms with E-state index in [-0.39, 0.29) is 5.41 Å². The number of fused-ring (bicyclic) bond motifs is 1. The predicted octanol–water partition coefficient (Wildman–Crippen LogP) is 11.7. The SMILES string of the molecule is CP(C)(=O)c1cccc(-c2ccc(C3(c4ccc(-c5nc(-c6ccccc6)nc(-c6cccc7ccccc67)n5)cc4)C4CC5CC(C4)CC3C5)cc2)c1. The molecule has 5 heteroatoms. The van der Waals surface area contributed by atoms with Gasteiger partial charge in [-0.2, -0.15) is 0 Å². The first-order valence-corrected chi connectivity index (χ1v) is 22.1. The Morgan fingerprint density at radius 3 is 1.67 bits per heavy atom. The molecule has 266 valence electrons. The van der Waals surface area contributed by atoms with E-state index in [0.29, 0.717) is 29.3 Å². The highest BCUT2D eigenvalue weighted by molar-refractivity contribution is 7.70. The first-order chi connectivity index (χ1) is 26.3. The molecule has 4 saturated carbocycles. The number of aromatic nitrogens is 3. The van der Waals surface area contributed by atoms with E-state index < -0.39 is 7.14 Å². The highest BCUT2D eigenvalue weighted by Crippen LogP contribution is 2.65. The molecule has 6 aromatic carbocycles. The molecule has 1 aromatic heterocycles. The van der Waals surface area contributed by atoms with Crippen molar-refractivity contribution in [2.75, 3.05) is 13.3 Å². The van der Waals surface area contributed by atoms with Crippen LogP contribution in [0.1, 0.15) is 43.2 Å². The van der Waals surface area contributed by atoms with Crippen molar-refractivity contribution in [3.8, 4) is 45.3 Å². The van der Waals surface area contributed by atoms with Gasteiger partial charge in [-0.3, -0.25) is 0 Å². The maximum Gasteiger partial charge on any atom is 0.164 e. The average molecular weight is 722 g/mol. The van der Waals surface area contributed by atoms with E-state index in [1.165, 1.54) is 48.8 Å². The molecule has 11 rings (SSSR count). The Morgan fingerprint density at radius 2 is 1.02 bits per heavy atom. The van der Waals surface area contributed by atoms with Crippen LogP contribution in [0.25, 0.3) is 56.1 Å². The van der Waals surface area contributed by atoms with Gasteiger partial charge < -0.3 is 4.57 Å². The van der Waals surface area contributed by atoms with Crippen molar-refractivity contribution >= 4 is 23.2 Å². The van der Waals surface area contributed by atoms with E-state index in [0.717, 1.165) is 50.2 Å². The summed E-state index contributed by atoms with van der Waals surface area (Å²) in [6.45, 7) is 3.70. The topological polar surface area (TPSA) is 55.7 Å². The van der Waals surface area contributed by atoms with Crippen LogP contribution in [0.5, 0.6) is 0 Å². The quantitative estimate of drug-likeness (QED) is 0.154. The lowest BCUT2D eigenvalue weighted by molar-refractivity contribution is -0.0418. The van der Waals surface area contributed by atoms with Crippen molar-refractivity contribution in [3.63, 3.8) is 0 Å². The monoisotopic (exact) mass is 721 g/mol. The molecular formula is C49H44N3OP. The lowest BCUT2D eigenvalue weighted by Gasteiger charge is -2.62. The molecule has 0 aliphatic heterocycles. The molecule has 4 bridgehead atoms. The normalized spacial score (nSPS) is 23.1. The summed E-state index contributed by atoms with van der Waals surface area (Å²) < 4.78 is 12.9. The van der Waals surface area contributed by atoms with E-state index in [1.807, 2.05) is 43.7 Å². The molecule has 0 unspecified atom stereocenters. The smallest absolute Gasteiger partial charge is 0.164 e. The molecule has 7 aromatic rings. The summed E-state index contributed by atoms with van der Waals surface area (Å²) in [5.41, 5.74) is 8.10. The Balaban J connectivity index is 1.07. The van der Waals surface area contributed by atoms with Gasteiger partial charge in [-0.15, -0.1) is 0 Å². The zero-order valence-corrected chi connectivity index (χ0v) is 31.8. The Labute approximate surface area is 318 Å². The first-order valence-electron chi connectivity index (χ1n) is 19.5. The summed E-state index contributed by atoms with van der Waals surface area (Å²) in [5, 5.41) is 3.22. The molecule has 4 aliphatic rings. The zero-order chi connectivity index (χ0) is 36.4. The standard InChI is InChI=1S/C49H44N3OP/c1-54(2,53)43-15-8-14-38(31-43)34-18-22-39(23-19-34)49(41-27-32-26-33(29-41)30-42(49)28-32)40-24-20-37(21-25-40)47-50-46(36-11-4-3-5-12-36)51-48(52-47)45-17-9-13-35-10-6-7-16-44(35)45/h3-25,31-33,41-42H,26-30H2,1-2H3. The molecule has 54 heavy (non-hydrogen) atoms. The van der Waals surface area contributed by atoms with Crippen LogP contribution in [0.3, 0.4) is 0 Å². The second-order valence-corrected chi connectivity index (χ2v) is 19.6. The summed E-state index contributed by atoms with van der Waals surface area (Å²) >= 11 is 0. The summed E-state index contributed by atoms with van der Waals surface area (Å²) in [7, 11) is -2.35. The maximum atomic E-state index is 12.9. The van der Waals surface area contributed by atoms with Gasteiger partial charge in [0.1, 0.15) is 7.14 Å². The van der Waals surface area contributed by atoms with E-state index in [9.17, 15) is 4.57 Å². The fraction of sp³-hybridized carbons (Fsp3) is 0.245. The van der Waals surface area contributed by atoms with Crippen LogP contribution >= 0.6 is 7.14 Å². The van der Waals surface area contributed by atoms with E-state index in [4.69, 9.17) is 15.0 Å². The number of benzene rings is 6. The van der Waals surface area contributed by atoms with Gasteiger partial charge in [0.05, 0.1) is 0 Å². The van der Waals surface area contributed by atoms with Crippen molar-refractivity contribution in [2.24, 2.45) is 23.7 Å². The Bertz CT molecular complexity index is 2520. The van der Waals surface area contributed by atoms with Crippen LogP contribution in [-0.2, 0) is 9.98 Å². The number of nitrogens with zero attached hydrogens (tertiary/aromatic N) is 3. The Kier molecular flexibility index (Phi) is 8.04. The van der Waals surface area contributed by atoms with Crippen molar-refractivity contribution in [1.29, 1.82) is 0 Å². The van der Waals surface area contributed by atoms with E-state index in [1.54, 1.807) is 0 Å². The fourth-order valence-corrected chi connectivity index (χ4v) is 11.5. The molecule has 4 aliphatic carbocycles. The third kappa shape index (κ3) is 5.66. The third-order valence-electron chi connectivity index (χ3n) is 12.9. The van der Waals surface area contributed by atoms with Crippen molar-refractivity contribution in [3.05, 3.63) is 157 Å². The second kappa shape index (κ2) is 13.0.